The molecule has 1 unspecified atom stereocenters. The Labute approximate surface area is 144 Å². The Morgan fingerprint density at radius 1 is 1.12 bits per heavy atom. The first-order valence-corrected chi connectivity index (χ1v) is 9.13. The van der Waals surface area contributed by atoms with Crippen molar-refractivity contribution in [2.24, 2.45) is 5.92 Å². The maximum atomic E-state index is 12.8. The number of hydrogen-bond donors (Lipinski definition) is 0. The average Bonchev–Trinajstić information content (AvgIpc) is 2.65. The van der Waals surface area contributed by atoms with Crippen LogP contribution in [0, 0.1) is 5.92 Å². The molecule has 24 heavy (non-hydrogen) atoms. The summed E-state index contributed by atoms with van der Waals surface area (Å²) >= 11 is 0. The van der Waals surface area contributed by atoms with Gasteiger partial charge in [0.1, 0.15) is 6.04 Å². The average molecular weight is 329 g/mol. The Morgan fingerprint density at radius 2 is 1.83 bits per heavy atom. The molecule has 1 saturated carbocycles. The zero-order valence-corrected chi connectivity index (χ0v) is 14.5. The van der Waals surface area contributed by atoms with Crippen molar-refractivity contribution in [1.82, 2.24) is 4.90 Å². The summed E-state index contributed by atoms with van der Waals surface area (Å²) < 4.78 is 4.95. The van der Waals surface area contributed by atoms with E-state index < -0.39 is 6.04 Å². The Bertz CT molecular complexity index is 592. The van der Waals surface area contributed by atoms with E-state index in [0.717, 1.165) is 17.5 Å². The maximum absolute atomic E-state index is 12.8. The Kier molecular flexibility index (Phi) is 5.54. The van der Waals surface area contributed by atoms with E-state index in [9.17, 15) is 9.59 Å². The summed E-state index contributed by atoms with van der Waals surface area (Å²) in [7, 11) is 1.40. The predicted octanol–water partition coefficient (Wildman–Crippen LogP) is 3.47. The molecule has 1 atom stereocenters. The van der Waals surface area contributed by atoms with Crippen LogP contribution in [-0.4, -0.2) is 29.9 Å². The summed E-state index contributed by atoms with van der Waals surface area (Å²) in [5, 5.41) is 0. The number of fused-ring (bicyclic) bond motifs is 1. The van der Waals surface area contributed by atoms with Gasteiger partial charge in [0.05, 0.1) is 7.11 Å². The Hall–Kier alpha value is -1.84. The first kappa shape index (κ1) is 17.0. The molecule has 3 rings (SSSR count). The van der Waals surface area contributed by atoms with E-state index >= 15 is 0 Å². The van der Waals surface area contributed by atoms with Gasteiger partial charge in [-0.3, -0.25) is 4.79 Å². The highest BCUT2D eigenvalue weighted by Crippen LogP contribution is 2.29. The van der Waals surface area contributed by atoms with Gasteiger partial charge in [0, 0.05) is 19.4 Å². The molecule has 0 radical (unpaired) electrons. The molecule has 1 fully saturated rings. The number of amides is 1. The largest absolute Gasteiger partial charge is 0.467 e. The van der Waals surface area contributed by atoms with Gasteiger partial charge in [0.15, 0.2) is 0 Å². The van der Waals surface area contributed by atoms with Crippen molar-refractivity contribution in [1.29, 1.82) is 0 Å². The Morgan fingerprint density at radius 3 is 2.54 bits per heavy atom. The summed E-state index contributed by atoms with van der Waals surface area (Å²) in [5.41, 5.74) is 2.29. The predicted molar refractivity (Wildman–Crippen MR) is 92.3 cm³/mol. The number of hydrogen-bond acceptors (Lipinski definition) is 3. The van der Waals surface area contributed by atoms with Gasteiger partial charge in [-0.25, -0.2) is 4.79 Å². The minimum absolute atomic E-state index is 0.0884. The van der Waals surface area contributed by atoms with E-state index in [1.54, 1.807) is 4.90 Å². The highest BCUT2D eigenvalue weighted by Gasteiger charge is 2.35. The number of carbonyl (C=O) groups excluding carboxylic acids is 2. The van der Waals surface area contributed by atoms with E-state index in [2.05, 4.69) is 0 Å². The van der Waals surface area contributed by atoms with E-state index in [-0.39, 0.29) is 11.9 Å². The fourth-order valence-electron chi connectivity index (χ4n) is 4.08. The standard InChI is InChI=1S/C20H27NO3/c1-24-20(23)18-13-16-9-5-6-10-17(16)14-21(18)19(22)12-11-15-7-3-2-4-8-15/h5-6,9-10,15,18H,2-4,7-8,11-14H2,1H3. The second kappa shape index (κ2) is 7.82. The van der Waals surface area contributed by atoms with Gasteiger partial charge < -0.3 is 9.64 Å². The molecule has 130 valence electrons. The van der Waals surface area contributed by atoms with Gasteiger partial charge in [-0.1, -0.05) is 56.4 Å². The molecule has 0 saturated heterocycles. The molecule has 1 aromatic rings. The maximum Gasteiger partial charge on any atom is 0.328 e. The third kappa shape index (κ3) is 3.80. The highest BCUT2D eigenvalue weighted by molar-refractivity contribution is 5.85. The lowest BCUT2D eigenvalue weighted by molar-refractivity contribution is -0.154. The lowest BCUT2D eigenvalue weighted by Gasteiger charge is -2.35. The summed E-state index contributed by atoms with van der Waals surface area (Å²) in [6.07, 6.45) is 8.45. The minimum Gasteiger partial charge on any atom is -0.467 e. The van der Waals surface area contributed by atoms with Crippen molar-refractivity contribution >= 4 is 11.9 Å². The molecule has 1 amide bonds. The third-order valence-corrected chi connectivity index (χ3v) is 5.53. The van der Waals surface area contributed by atoms with E-state index in [1.165, 1.54) is 39.2 Å². The molecule has 4 heteroatoms. The van der Waals surface area contributed by atoms with Crippen LogP contribution in [-0.2, 0) is 27.3 Å². The zero-order chi connectivity index (χ0) is 16.9. The SMILES string of the molecule is COC(=O)C1Cc2ccccc2CN1C(=O)CCC1CCCCC1. The van der Waals surface area contributed by atoms with Crippen LogP contribution < -0.4 is 0 Å². The van der Waals surface area contributed by atoms with Crippen LogP contribution in [0.5, 0.6) is 0 Å². The molecule has 0 N–H and O–H groups in total. The van der Waals surface area contributed by atoms with Crippen LogP contribution in [0.15, 0.2) is 24.3 Å². The summed E-state index contributed by atoms with van der Waals surface area (Å²) in [5.74, 6) is 0.456. The number of benzene rings is 1. The molecule has 2 aliphatic rings. The second-order valence-electron chi connectivity index (χ2n) is 7.08. The van der Waals surface area contributed by atoms with Gasteiger partial charge in [-0.15, -0.1) is 0 Å². The number of methoxy groups -OCH3 is 1. The van der Waals surface area contributed by atoms with E-state index in [0.29, 0.717) is 25.3 Å². The van der Waals surface area contributed by atoms with Gasteiger partial charge in [-0.2, -0.15) is 0 Å². The lowest BCUT2D eigenvalue weighted by atomic mass is 9.85. The summed E-state index contributed by atoms with van der Waals surface area (Å²) in [6, 6.07) is 7.57. The van der Waals surface area contributed by atoms with Gasteiger partial charge >= 0.3 is 5.97 Å². The number of ether oxygens (including phenoxy) is 1. The van der Waals surface area contributed by atoms with Crippen LogP contribution in [0.3, 0.4) is 0 Å². The molecular formula is C20H27NO3. The molecule has 0 aromatic heterocycles. The molecule has 1 aliphatic heterocycles. The fourth-order valence-corrected chi connectivity index (χ4v) is 4.08. The highest BCUT2D eigenvalue weighted by atomic mass is 16.5. The zero-order valence-electron chi connectivity index (χ0n) is 14.5. The van der Waals surface area contributed by atoms with Crippen molar-refractivity contribution in [3.63, 3.8) is 0 Å². The molecular weight excluding hydrogens is 302 g/mol. The van der Waals surface area contributed by atoms with Gasteiger partial charge in [0.2, 0.25) is 5.91 Å². The molecule has 0 bridgehead atoms. The number of rotatable bonds is 4. The lowest BCUT2D eigenvalue weighted by Crippen LogP contribution is -2.49. The molecule has 0 spiro atoms. The Balaban J connectivity index is 1.68. The number of carbonyl (C=O) groups is 2. The van der Waals surface area contributed by atoms with Crippen molar-refractivity contribution in [2.45, 2.75) is 64.0 Å². The van der Waals surface area contributed by atoms with Gasteiger partial charge in [0.25, 0.3) is 0 Å². The fraction of sp³-hybridized carbons (Fsp3) is 0.600. The van der Waals surface area contributed by atoms with E-state index in [1.807, 2.05) is 24.3 Å². The van der Waals surface area contributed by atoms with Crippen LogP contribution in [0.4, 0.5) is 0 Å². The summed E-state index contributed by atoms with van der Waals surface area (Å²) in [4.78, 5) is 26.7. The molecule has 1 heterocycles. The monoisotopic (exact) mass is 329 g/mol. The van der Waals surface area contributed by atoms with Crippen LogP contribution in [0.1, 0.15) is 56.1 Å². The quantitative estimate of drug-likeness (QED) is 0.795. The summed E-state index contributed by atoms with van der Waals surface area (Å²) in [6.45, 7) is 0.513. The normalized spacial score (nSPS) is 21.2. The molecule has 1 aromatic carbocycles. The van der Waals surface area contributed by atoms with Crippen molar-refractivity contribution < 1.29 is 14.3 Å². The first-order valence-electron chi connectivity index (χ1n) is 9.13. The number of esters is 1. The second-order valence-corrected chi connectivity index (χ2v) is 7.08. The van der Waals surface area contributed by atoms with Crippen molar-refractivity contribution in [2.75, 3.05) is 7.11 Å². The number of nitrogens with zero attached hydrogens (tertiary/aromatic N) is 1. The molecule has 4 nitrogen and oxygen atoms in total. The smallest absolute Gasteiger partial charge is 0.328 e. The van der Waals surface area contributed by atoms with Crippen LogP contribution >= 0.6 is 0 Å². The molecule has 1 aliphatic carbocycles. The van der Waals surface area contributed by atoms with Crippen molar-refractivity contribution in [3.8, 4) is 0 Å². The first-order chi connectivity index (χ1) is 11.7. The van der Waals surface area contributed by atoms with Crippen LogP contribution in [0.25, 0.3) is 0 Å². The van der Waals surface area contributed by atoms with Gasteiger partial charge in [-0.05, 0) is 23.5 Å². The third-order valence-electron chi connectivity index (χ3n) is 5.53. The minimum atomic E-state index is -0.483. The van der Waals surface area contributed by atoms with Crippen LogP contribution in [0.2, 0.25) is 0 Å². The van der Waals surface area contributed by atoms with Crippen molar-refractivity contribution in [3.05, 3.63) is 35.4 Å². The topological polar surface area (TPSA) is 46.6 Å². The van der Waals surface area contributed by atoms with E-state index in [4.69, 9.17) is 4.74 Å².